The lowest BCUT2D eigenvalue weighted by molar-refractivity contribution is -0.136. The van der Waals surface area contributed by atoms with E-state index in [4.69, 9.17) is 10.8 Å². The molecule has 6 nitrogen and oxygen atoms in total. The van der Waals surface area contributed by atoms with Crippen LogP contribution >= 0.6 is 0 Å². The van der Waals surface area contributed by atoms with Crippen LogP contribution in [0.3, 0.4) is 0 Å². The number of carboxylic acid groups (broad SMARTS) is 1. The number of nitrogens with zero attached hydrogens (tertiary/aromatic N) is 2. The van der Waals surface area contributed by atoms with Crippen molar-refractivity contribution < 1.29 is 9.90 Å². The summed E-state index contributed by atoms with van der Waals surface area (Å²) in [6.45, 7) is 1.05. The van der Waals surface area contributed by atoms with Crippen molar-refractivity contribution in [2.24, 2.45) is 5.73 Å². The predicted molar refractivity (Wildman–Crippen MR) is 114 cm³/mol. The number of pyridine rings is 1. The summed E-state index contributed by atoms with van der Waals surface area (Å²) in [5.41, 5.74) is 12.5. The number of rotatable bonds is 7. The Morgan fingerprint density at radius 3 is 2.79 bits per heavy atom. The third kappa shape index (κ3) is 4.12. The Bertz CT molecular complexity index is 1170. The molecule has 6 heteroatoms. The van der Waals surface area contributed by atoms with Gasteiger partial charge in [0.1, 0.15) is 5.65 Å². The second-order valence-corrected chi connectivity index (χ2v) is 6.91. The molecule has 0 spiro atoms. The van der Waals surface area contributed by atoms with Gasteiger partial charge in [0.2, 0.25) is 0 Å². The molecule has 29 heavy (non-hydrogen) atoms. The minimum Gasteiger partial charge on any atom is -0.481 e. The number of hydrogen-bond donors (Lipinski definition) is 3. The first kappa shape index (κ1) is 18.7. The van der Waals surface area contributed by atoms with Crippen LogP contribution in [-0.4, -0.2) is 20.5 Å². The van der Waals surface area contributed by atoms with Crippen LogP contribution in [0.2, 0.25) is 0 Å². The van der Waals surface area contributed by atoms with Gasteiger partial charge in [-0.3, -0.25) is 4.79 Å². The van der Waals surface area contributed by atoms with Gasteiger partial charge in [0.05, 0.1) is 6.42 Å². The summed E-state index contributed by atoms with van der Waals surface area (Å²) in [6.07, 6.45) is 5.73. The lowest BCUT2D eigenvalue weighted by Gasteiger charge is -2.13. The van der Waals surface area contributed by atoms with Crippen molar-refractivity contribution in [3.63, 3.8) is 0 Å². The largest absolute Gasteiger partial charge is 0.481 e. The molecule has 0 aliphatic rings. The fraction of sp³-hybridized carbons (Fsp3) is 0.130. The molecule has 2 aromatic heterocycles. The summed E-state index contributed by atoms with van der Waals surface area (Å²) in [5, 5.41) is 12.5. The van der Waals surface area contributed by atoms with Gasteiger partial charge >= 0.3 is 5.97 Å². The second kappa shape index (κ2) is 8.16. The van der Waals surface area contributed by atoms with Crippen molar-refractivity contribution in [1.29, 1.82) is 0 Å². The first-order chi connectivity index (χ1) is 14.1. The molecule has 0 saturated carbocycles. The summed E-state index contributed by atoms with van der Waals surface area (Å²) in [6, 6.07) is 17.8. The molecule has 0 amide bonds. The van der Waals surface area contributed by atoms with Crippen molar-refractivity contribution >= 4 is 17.3 Å². The van der Waals surface area contributed by atoms with Crippen LogP contribution in [0.4, 0.5) is 5.69 Å². The van der Waals surface area contributed by atoms with Crippen LogP contribution in [0.1, 0.15) is 16.7 Å². The highest BCUT2D eigenvalue weighted by atomic mass is 16.4. The Morgan fingerprint density at radius 1 is 1.10 bits per heavy atom. The molecular weight excluding hydrogens is 364 g/mol. The molecule has 0 bridgehead atoms. The average Bonchev–Trinajstić information content (AvgIpc) is 3.21. The van der Waals surface area contributed by atoms with Crippen LogP contribution in [0.25, 0.3) is 16.8 Å². The SMILES string of the molecule is NCc1cccc(-c2cc(CNc3ccccc3CC(=O)O)cn3ccnc23)c1. The number of fused-ring (bicyclic) bond motifs is 1. The molecule has 0 fully saturated rings. The molecule has 0 unspecified atom stereocenters. The fourth-order valence-electron chi connectivity index (χ4n) is 3.47. The number of hydrogen-bond acceptors (Lipinski definition) is 4. The summed E-state index contributed by atoms with van der Waals surface area (Å²) in [5.74, 6) is -0.846. The number of carboxylic acids is 1. The molecule has 2 aromatic carbocycles. The fourth-order valence-corrected chi connectivity index (χ4v) is 3.47. The molecule has 0 aliphatic heterocycles. The van der Waals surface area contributed by atoms with Crippen LogP contribution in [0.15, 0.2) is 73.2 Å². The summed E-state index contributed by atoms with van der Waals surface area (Å²) in [4.78, 5) is 15.6. The second-order valence-electron chi connectivity index (χ2n) is 6.91. The predicted octanol–water partition coefficient (Wildman–Crippen LogP) is 3.70. The van der Waals surface area contributed by atoms with Gasteiger partial charge in [0.25, 0.3) is 0 Å². The minimum atomic E-state index is -0.846. The number of imidazole rings is 1. The number of aliphatic carboxylic acids is 1. The Hall–Kier alpha value is -3.64. The quantitative estimate of drug-likeness (QED) is 0.450. The molecule has 2 heterocycles. The normalized spacial score (nSPS) is 10.9. The highest BCUT2D eigenvalue weighted by molar-refractivity contribution is 5.78. The molecule has 4 N–H and O–H groups in total. The maximum Gasteiger partial charge on any atom is 0.307 e. The Labute approximate surface area is 168 Å². The monoisotopic (exact) mass is 386 g/mol. The number of anilines is 1. The maximum absolute atomic E-state index is 11.1. The number of benzene rings is 2. The Balaban J connectivity index is 1.67. The van der Waals surface area contributed by atoms with E-state index in [1.54, 1.807) is 6.20 Å². The summed E-state index contributed by atoms with van der Waals surface area (Å²) >= 11 is 0. The standard InChI is InChI=1S/C23H22N4O2/c24-13-16-4-3-6-18(10-16)20-11-17(15-27-9-8-25-23(20)27)14-26-21-7-2-1-5-19(21)12-22(28)29/h1-11,15,26H,12-14,24H2,(H,28,29). The van der Waals surface area contributed by atoms with Gasteiger partial charge in [-0.15, -0.1) is 0 Å². The maximum atomic E-state index is 11.1. The number of aromatic nitrogens is 2. The van der Waals surface area contributed by atoms with E-state index in [1.807, 2.05) is 53.2 Å². The van der Waals surface area contributed by atoms with Gasteiger partial charge in [0.15, 0.2) is 0 Å². The number of nitrogens with one attached hydrogen (secondary N) is 1. The topological polar surface area (TPSA) is 92.6 Å². The Kier molecular flexibility index (Phi) is 5.27. The zero-order chi connectivity index (χ0) is 20.2. The van der Waals surface area contributed by atoms with Gasteiger partial charge in [-0.1, -0.05) is 36.4 Å². The van der Waals surface area contributed by atoms with Crippen molar-refractivity contribution in [2.45, 2.75) is 19.5 Å². The van der Waals surface area contributed by atoms with Crippen molar-refractivity contribution in [2.75, 3.05) is 5.32 Å². The number of carbonyl (C=O) groups is 1. The third-order valence-electron chi connectivity index (χ3n) is 4.86. The first-order valence-electron chi connectivity index (χ1n) is 9.42. The average molecular weight is 386 g/mol. The van der Waals surface area contributed by atoms with Crippen molar-refractivity contribution in [1.82, 2.24) is 9.38 Å². The van der Waals surface area contributed by atoms with Gasteiger partial charge in [-0.25, -0.2) is 4.98 Å². The smallest absolute Gasteiger partial charge is 0.307 e. The van der Waals surface area contributed by atoms with E-state index >= 15 is 0 Å². The van der Waals surface area contributed by atoms with Crippen LogP contribution in [0.5, 0.6) is 0 Å². The lowest BCUT2D eigenvalue weighted by Crippen LogP contribution is -2.07. The molecule has 0 radical (unpaired) electrons. The number of nitrogens with two attached hydrogens (primary N) is 1. The van der Waals surface area contributed by atoms with Crippen LogP contribution in [0, 0.1) is 0 Å². The van der Waals surface area contributed by atoms with E-state index < -0.39 is 5.97 Å². The summed E-state index contributed by atoms with van der Waals surface area (Å²) in [7, 11) is 0. The lowest BCUT2D eigenvalue weighted by atomic mass is 10.0. The molecule has 0 atom stereocenters. The van der Waals surface area contributed by atoms with E-state index in [9.17, 15) is 4.79 Å². The third-order valence-corrected chi connectivity index (χ3v) is 4.86. The van der Waals surface area contributed by atoms with Crippen LogP contribution in [-0.2, 0) is 24.3 Å². The molecular formula is C23H22N4O2. The van der Waals surface area contributed by atoms with E-state index in [0.717, 1.165) is 39.2 Å². The molecule has 0 aliphatic carbocycles. The zero-order valence-electron chi connectivity index (χ0n) is 15.9. The van der Waals surface area contributed by atoms with Crippen LogP contribution < -0.4 is 11.1 Å². The van der Waals surface area contributed by atoms with Crippen molar-refractivity contribution in [3.8, 4) is 11.1 Å². The van der Waals surface area contributed by atoms with Crippen molar-refractivity contribution in [3.05, 3.63) is 89.9 Å². The molecule has 146 valence electrons. The highest BCUT2D eigenvalue weighted by Crippen LogP contribution is 2.27. The zero-order valence-corrected chi connectivity index (χ0v) is 15.9. The molecule has 4 aromatic rings. The summed E-state index contributed by atoms with van der Waals surface area (Å²) < 4.78 is 2.00. The first-order valence-corrected chi connectivity index (χ1v) is 9.42. The highest BCUT2D eigenvalue weighted by Gasteiger charge is 2.10. The number of para-hydroxylation sites is 1. The van der Waals surface area contributed by atoms with E-state index in [-0.39, 0.29) is 6.42 Å². The molecule has 4 rings (SSSR count). The van der Waals surface area contributed by atoms with E-state index in [1.165, 1.54) is 0 Å². The van der Waals surface area contributed by atoms with Gasteiger partial charge in [-0.05, 0) is 40.5 Å². The van der Waals surface area contributed by atoms with E-state index in [0.29, 0.717) is 13.1 Å². The minimum absolute atomic E-state index is 0.0130. The van der Waals surface area contributed by atoms with E-state index in [2.05, 4.69) is 28.5 Å². The van der Waals surface area contributed by atoms with Gasteiger partial charge in [-0.2, -0.15) is 0 Å². The molecule has 0 saturated heterocycles. The Morgan fingerprint density at radius 2 is 1.97 bits per heavy atom. The van der Waals surface area contributed by atoms with Gasteiger partial charge < -0.3 is 20.6 Å². The van der Waals surface area contributed by atoms with Gasteiger partial charge in [0, 0.05) is 42.9 Å².